The number of aromatic nitrogens is 1. The van der Waals surface area contributed by atoms with Gasteiger partial charge < -0.3 is 34.4 Å². The van der Waals surface area contributed by atoms with Crippen LogP contribution >= 0.6 is 0 Å². The van der Waals surface area contributed by atoms with Gasteiger partial charge in [0, 0.05) is 56.2 Å². The Labute approximate surface area is 323 Å². The van der Waals surface area contributed by atoms with E-state index in [0.717, 1.165) is 49.7 Å². The molecule has 2 aliphatic carbocycles. The summed E-state index contributed by atoms with van der Waals surface area (Å²) in [5.41, 5.74) is 2.59. The van der Waals surface area contributed by atoms with Crippen molar-refractivity contribution >= 4 is 26.6 Å². The first kappa shape index (κ1) is 39.4. The second-order valence-corrected chi connectivity index (χ2v) is 17.0. The standard InChI is InChI=1S/C42H53N3O9S/c1-3-23-52-42-37(45(2)55(49,50)36-16-10-13-28-14-11-20-43-41(28)36)27-34(44-54-38-17-6-9-24-51-38)32-25-29(12-4-7-21-46)31(15-5-8-22-47)39(40(32)42)33-26-30(48)18-19-35(33)53-42/h3,10-11,13-14,16,18-20,25-26,29,31,37-40,46-48H,1,4-9,12,15,17,21-24,27H2,2H3. The van der Waals surface area contributed by atoms with Crippen molar-refractivity contribution in [1.29, 1.82) is 0 Å². The first-order chi connectivity index (χ1) is 26.7. The molecule has 1 aromatic heterocycles. The summed E-state index contributed by atoms with van der Waals surface area (Å²) in [6.45, 7) is 4.74. The third kappa shape index (κ3) is 7.67. The fourth-order valence-electron chi connectivity index (χ4n) is 9.24. The second kappa shape index (κ2) is 17.1. The van der Waals surface area contributed by atoms with Gasteiger partial charge in [0.2, 0.25) is 22.1 Å². The Morgan fingerprint density at radius 3 is 2.64 bits per heavy atom. The average Bonchev–Trinajstić information content (AvgIpc) is 3.20. The number of unbranched alkanes of at least 4 members (excludes halogenated alkanes) is 2. The van der Waals surface area contributed by atoms with Crippen LogP contribution in [0.4, 0.5) is 0 Å². The molecule has 3 aromatic rings. The topological polar surface area (TPSA) is 160 Å². The predicted octanol–water partition coefficient (Wildman–Crippen LogP) is 6.42. The molecule has 7 atom stereocenters. The summed E-state index contributed by atoms with van der Waals surface area (Å²) in [4.78, 5) is 10.7. The minimum atomic E-state index is -4.25. The molecule has 0 amide bonds. The van der Waals surface area contributed by atoms with E-state index < -0.39 is 34.1 Å². The van der Waals surface area contributed by atoms with Gasteiger partial charge in [-0.1, -0.05) is 48.3 Å². The zero-order valence-corrected chi connectivity index (χ0v) is 32.3. The first-order valence-corrected chi connectivity index (χ1v) is 21.0. The highest BCUT2D eigenvalue weighted by atomic mass is 32.2. The number of allylic oxidation sites excluding steroid dienone is 1. The monoisotopic (exact) mass is 775 g/mol. The number of ether oxygens (including phenoxy) is 3. The third-order valence-corrected chi connectivity index (χ3v) is 13.7. The van der Waals surface area contributed by atoms with Gasteiger partial charge in [-0.3, -0.25) is 4.98 Å². The molecule has 0 radical (unpaired) electrons. The summed E-state index contributed by atoms with van der Waals surface area (Å²) in [5, 5.41) is 36.0. The summed E-state index contributed by atoms with van der Waals surface area (Å²) < 4.78 is 51.2. The SMILES string of the molecule is C=CCOC12Oc3ccc(O)cc3C3C(CCCCO)C(CCCCO)C=C(C(=NOC4CCCCO4)CC1N(C)S(=O)(=O)c1cccc4cccnc14)C32. The van der Waals surface area contributed by atoms with Crippen molar-refractivity contribution < 1.29 is 42.8 Å². The molecular weight excluding hydrogens is 723 g/mol. The Hall–Kier alpha value is -3.85. The number of aromatic hydroxyl groups is 1. The quantitative estimate of drug-likeness (QED) is 0.0842. The van der Waals surface area contributed by atoms with Crippen LogP contribution in [0.15, 0.2) is 89.1 Å². The highest BCUT2D eigenvalue weighted by Crippen LogP contribution is 2.62. The smallest absolute Gasteiger partial charge is 0.245 e. The van der Waals surface area contributed by atoms with E-state index in [2.05, 4.69) is 17.6 Å². The maximum atomic E-state index is 15.0. The number of pyridine rings is 1. The van der Waals surface area contributed by atoms with Gasteiger partial charge in [-0.2, -0.15) is 4.31 Å². The van der Waals surface area contributed by atoms with E-state index in [0.29, 0.717) is 48.2 Å². The van der Waals surface area contributed by atoms with Crippen molar-refractivity contribution in [3.05, 3.63) is 84.6 Å². The van der Waals surface area contributed by atoms with Crippen molar-refractivity contribution in [1.82, 2.24) is 9.29 Å². The van der Waals surface area contributed by atoms with Crippen LogP contribution in [0.5, 0.6) is 11.5 Å². The number of sulfonamides is 1. The molecule has 3 N–H and O–H groups in total. The molecule has 296 valence electrons. The Morgan fingerprint density at radius 1 is 1.07 bits per heavy atom. The zero-order chi connectivity index (χ0) is 38.6. The summed E-state index contributed by atoms with van der Waals surface area (Å²) in [5.74, 6) is -1.86. The number of rotatable bonds is 16. The molecule has 0 bridgehead atoms. The number of benzene rings is 2. The van der Waals surface area contributed by atoms with Crippen molar-refractivity contribution in [2.75, 3.05) is 33.5 Å². The van der Waals surface area contributed by atoms with Gasteiger partial charge in [0.25, 0.3) is 0 Å². The number of hydrogen-bond acceptors (Lipinski definition) is 11. The third-order valence-electron chi connectivity index (χ3n) is 11.8. The summed E-state index contributed by atoms with van der Waals surface area (Å²) >= 11 is 0. The Morgan fingerprint density at radius 2 is 1.87 bits per heavy atom. The molecule has 13 heteroatoms. The van der Waals surface area contributed by atoms with E-state index in [9.17, 15) is 23.7 Å². The van der Waals surface area contributed by atoms with Crippen LogP contribution in [0, 0.1) is 17.8 Å². The molecule has 3 heterocycles. The molecule has 1 saturated carbocycles. The molecule has 0 spiro atoms. The van der Waals surface area contributed by atoms with E-state index in [1.54, 1.807) is 55.7 Å². The maximum Gasteiger partial charge on any atom is 0.245 e. The van der Waals surface area contributed by atoms with Crippen LogP contribution in [0.2, 0.25) is 0 Å². The van der Waals surface area contributed by atoms with Crippen molar-refractivity contribution in [2.45, 2.75) is 93.1 Å². The van der Waals surface area contributed by atoms with Crippen LogP contribution in [-0.2, 0) is 24.3 Å². The van der Waals surface area contributed by atoms with Gasteiger partial charge in [-0.05, 0) is 86.3 Å². The molecule has 4 aliphatic rings. The molecule has 2 fully saturated rings. The maximum absolute atomic E-state index is 15.0. The van der Waals surface area contributed by atoms with Gasteiger partial charge in [0.05, 0.1) is 36.4 Å². The Balaban J connectivity index is 1.44. The van der Waals surface area contributed by atoms with Crippen molar-refractivity contribution in [2.24, 2.45) is 22.9 Å². The van der Waals surface area contributed by atoms with Gasteiger partial charge in [0.1, 0.15) is 16.4 Å². The second-order valence-electron chi connectivity index (χ2n) is 15.0. The number of oxime groups is 1. The highest BCUT2D eigenvalue weighted by molar-refractivity contribution is 7.89. The minimum absolute atomic E-state index is 0.0121. The van der Waals surface area contributed by atoms with Crippen LogP contribution in [0.1, 0.15) is 75.7 Å². The molecule has 55 heavy (non-hydrogen) atoms. The lowest BCUT2D eigenvalue weighted by atomic mass is 9.55. The number of para-hydroxylation sites is 1. The lowest BCUT2D eigenvalue weighted by molar-refractivity contribution is -0.250. The molecule has 2 aliphatic heterocycles. The number of phenolic OH excluding ortho intramolecular Hbond substituents is 1. The largest absolute Gasteiger partial charge is 0.508 e. The molecule has 1 saturated heterocycles. The average molecular weight is 776 g/mol. The number of aliphatic hydroxyl groups is 2. The van der Waals surface area contributed by atoms with Crippen LogP contribution in [-0.4, -0.2) is 90.3 Å². The fourth-order valence-corrected chi connectivity index (χ4v) is 10.8. The minimum Gasteiger partial charge on any atom is -0.508 e. The lowest BCUT2D eigenvalue weighted by Gasteiger charge is -2.59. The van der Waals surface area contributed by atoms with Crippen molar-refractivity contribution in [3.8, 4) is 11.5 Å². The van der Waals surface area contributed by atoms with Crippen LogP contribution in [0.25, 0.3) is 10.9 Å². The molecule has 7 unspecified atom stereocenters. The molecule has 2 aromatic carbocycles. The van der Waals surface area contributed by atoms with Crippen LogP contribution < -0.4 is 4.74 Å². The van der Waals surface area contributed by atoms with E-state index in [1.807, 2.05) is 12.1 Å². The lowest BCUT2D eigenvalue weighted by Crippen LogP contribution is -2.69. The number of fused-ring (bicyclic) bond motifs is 3. The van der Waals surface area contributed by atoms with Crippen molar-refractivity contribution in [3.63, 3.8) is 0 Å². The predicted molar refractivity (Wildman–Crippen MR) is 208 cm³/mol. The Kier molecular flexibility index (Phi) is 12.3. The summed E-state index contributed by atoms with van der Waals surface area (Å²) in [6.07, 6.45) is 12.0. The number of aliphatic hydroxyl groups excluding tert-OH is 2. The first-order valence-electron chi connectivity index (χ1n) is 19.6. The van der Waals surface area contributed by atoms with E-state index >= 15 is 0 Å². The number of nitrogens with zero attached hydrogens (tertiary/aromatic N) is 3. The summed E-state index contributed by atoms with van der Waals surface area (Å²) in [7, 11) is -2.69. The van der Waals surface area contributed by atoms with Crippen LogP contribution in [0.3, 0.4) is 0 Å². The molecule has 12 nitrogen and oxygen atoms in total. The van der Waals surface area contributed by atoms with Gasteiger partial charge in [-0.25, -0.2) is 8.42 Å². The molecular formula is C42H53N3O9S. The zero-order valence-electron chi connectivity index (χ0n) is 31.5. The van der Waals surface area contributed by atoms with Gasteiger partial charge >= 0.3 is 0 Å². The fraction of sp³-hybridized carbons (Fsp3) is 0.524. The normalized spacial score (nSPS) is 28.3. The Bertz CT molecular complexity index is 1990. The van der Waals surface area contributed by atoms with E-state index in [1.165, 1.54) is 4.31 Å². The number of likely N-dealkylation sites (N-methyl/N-ethyl adjacent to an activating group) is 1. The van der Waals surface area contributed by atoms with Gasteiger partial charge in [-0.15, -0.1) is 6.58 Å². The molecule has 7 rings (SSSR count). The van der Waals surface area contributed by atoms with Gasteiger partial charge in [0.15, 0.2) is 0 Å². The number of phenols is 1. The van der Waals surface area contributed by atoms with E-state index in [-0.39, 0.29) is 54.6 Å². The van der Waals surface area contributed by atoms with E-state index in [4.69, 9.17) is 24.2 Å². The number of hydrogen-bond donors (Lipinski definition) is 3. The summed E-state index contributed by atoms with van der Waals surface area (Å²) in [6, 6.07) is 12.8. The highest BCUT2D eigenvalue weighted by Gasteiger charge is 2.65.